The van der Waals surface area contributed by atoms with Crippen LogP contribution < -0.4 is 5.32 Å². The van der Waals surface area contributed by atoms with Crippen LogP contribution in [0.25, 0.3) is 0 Å². The van der Waals surface area contributed by atoms with Crippen molar-refractivity contribution in [1.82, 2.24) is 5.32 Å². The maximum atomic E-state index is 14.8. The van der Waals surface area contributed by atoms with Gasteiger partial charge in [0.2, 0.25) is 0 Å². The molecule has 5 rings (SSSR count). The van der Waals surface area contributed by atoms with E-state index in [1.54, 1.807) is 0 Å². The quantitative estimate of drug-likeness (QED) is 0.125. The molecule has 0 radical (unpaired) electrons. The predicted octanol–water partition coefficient (Wildman–Crippen LogP) is 8.85. The molecule has 0 heterocycles. The lowest BCUT2D eigenvalue weighted by atomic mass is 9.73. The van der Waals surface area contributed by atoms with E-state index in [9.17, 15) is 9.59 Å². The first kappa shape index (κ1) is 33.9. The number of hydrogen-bond acceptors (Lipinski definition) is 4. The molecule has 1 aromatic carbocycles. The number of nitrogens with one attached hydrogen (secondary N) is 1. The van der Waals surface area contributed by atoms with Crippen molar-refractivity contribution in [3.63, 3.8) is 0 Å². The number of allylic oxidation sites excluding steroid dienone is 2. The minimum Gasteiger partial charge on any atom is -0.379 e. The molecule has 246 valence electrons. The molecule has 3 fully saturated rings. The van der Waals surface area contributed by atoms with Crippen molar-refractivity contribution in [2.75, 3.05) is 13.2 Å². The number of Topliss-reactive ketones (excluding diaryl/α,β-unsaturated/α-hetero) is 2. The molecule has 0 aromatic heterocycles. The Morgan fingerprint density at radius 2 is 1.80 bits per heavy atom. The fraction of sp³-hybridized carbons (Fsp3) is 0.659. The lowest BCUT2D eigenvalue weighted by Gasteiger charge is -2.33. The first-order valence-electron chi connectivity index (χ1n) is 18.1. The smallest absolute Gasteiger partial charge is 0.159 e. The molecule has 0 spiro atoms. The molecule has 0 amide bonds. The van der Waals surface area contributed by atoms with E-state index in [0.29, 0.717) is 37.4 Å². The van der Waals surface area contributed by atoms with Gasteiger partial charge in [0.05, 0.1) is 12.6 Å². The molecule has 0 saturated heterocycles. The number of ketones is 2. The zero-order valence-corrected chi connectivity index (χ0v) is 28.5. The van der Waals surface area contributed by atoms with Crippen molar-refractivity contribution < 1.29 is 14.3 Å². The van der Waals surface area contributed by atoms with Crippen LogP contribution in [0.2, 0.25) is 0 Å². The summed E-state index contributed by atoms with van der Waals surface area (Å²) in [5.74, 6) is 1.84. The van der Waals surface area contributed by atoms with Crippen LogP contribution in [0.1, 0.15) is 103 Å². The van der Waals surface area contributed by atoms with E-state index in [1.807, 2.05) is 6.08 Å². The number of carbonyl (C=O) groups is 2. The van der Waals surface area contributed by atoms with Gasteiger partial charge in [0, 0.05) is 30.6 Å². The number of benzene rings is 1. The van der Waals surface area contributed by atoms with Gasteiger partial charge in [-0.2, -0.15) is 0 Å². The highest BCUT2D eigenvalue weighted by Gasteiger charge is 2.69. The van der Waals surface area contributed by atoms with Crippen LogP contribution in [0.15, 0.2) is 61.3 Å². The standard InChI is InChI=1S/C41H59NO3/c1-7-9-14-20-45-26-27(3)30(15-8-2)24-36(43)37-34(25-35-38(37)41(35,5)6)40(44)39(42-28(4)21-29-16-10-11-17-29)33-22-31-18-12-13-19-32(31)23-33/h7,12-13,18-19,29-30,33-35,37-39,42H,1,3-4,8-11,14-17,20-26H2,2,5-6H3. The van der Waals surface area contributed by atoms with E-state index in [4.69, 9.17) is 4.74 Å². The first-order valence-corrected chi connectivity index (χ1v) is 18.1. The van der Waals surface area contributed by atoms with Crippen LogP contribution in [0.3, 0.4) is 0 Å². The van der Waals surface area contributed by atoms with Crippen molar-refractivity contribution in [3.8, 4) is 0 Å². The van der Waals surface area contributed by atoms with Gasteiger partial charge in [-0.05, 0) is 96.7 Å². The summed E-state index contributed by atoms with van der Waals surface area (Å²) in [6.45, 7) is 20.6. The van der Waals surface area contributed by atoms with Gasteiger partial charge >= 0.3 is 0 Å². The summed E-state index contributed by atoms with van der Waals surface area (Å²) in [4.78, 5) is 29.2. The van der Waals surface area contributed by atoms with Crippen molar-refractivity contribution in [3.05, 3.63) is 72.5 Å². The Labute approximate surface area is 273 Å². The van der Waals surface area contributed by atoms with Crippen LogP contribution in [0, 0.1) is 46.8 Å². The predicted molar refractivity (Wildman–Crippen MR) is 185 cm³/mol. The van der Waals surface area contributed by atoms with E-state index < -0.39 is 0 Å². The normalized spacial score (nSPS) is 26.6. The molecule has 4 nitrogen and oxygen atoms in total. The summed E-state index contributed by atoms with van der Waals surface area (Å²) in [6.07, 6.45) is 14.9. The number of hydrogen-bond donors (Lipinski definition) is 1. The lowest BCUT2D eigenvalue weighted by molar-refractivity contribution is -0.135. The van der Waals surface area contributed by atoms with Crippen LogP contribution >= 0.6 is 0 Å². The van der Waals surface area contributed by atoms with Gasteiger partial charge in [-0.3, -0.25) is 9.59 Å². The maximum absolute atomic E-state index is 14.8. The number of rotatable bonds is 19. The van der Waals surface area contributed by atoms with Gasteiger partial charge in [-0.1, -0.05) is 96.4 Å². The molecular formula is C41H59NO3. The average Bonchev–Trinajstić information content (AvgIpc) is 3.59. The third-order valence-electron chi connectivity index (χ3n) is 12.1. The molecule has 4 aliphatic carbocycles. The minimum absolute atomic E-state index is 0.100. The fourth-order valence-corrected chi connectivity index (χ4v) is 9.49. The molecule has 1 aromatic rings. The van der Waals surface area contributed by atoms with Crippen LogP contribution in [-0.2, 0) is 27.2 Å². The van der Waals surface area contributed by atoms with E-state index in [-0.39, 0.29) is 46.7 Å². The van der Waals surface area contributed by atoms with E-state index in [1.165, 1.54) is 36.8 Å². The molecule has 0 aliphatic heterocycles. The number of ether oxygens (including phenoxy) is 1. The van der Waals surface area contributed by atoms with Crippen molar-refractivity contribution in [2.24, 2.45) is 46.8 Å². The Bertz CT molecular complexity index is 1210. The van der Waals surface area contributed by atoms with Crippen LogP contribution in [0.4, 0.5) is 0 Å². The summed E-state index contributed by atoms with van der Waals surface area (Å²) >= 11 is 0. The second kappa shape index (κ2) is 15.0. The molecular weight excluding hydrogens is 554 g/mol. The van der Waals surface area contributed by atoms with Gasteiger partial charge in [0.15, 0.2) is 5.78 Å². The molecule has 6 unspecified atom stereocenters. The molecule has 3 saturated carbocycles. The molecule has 4 heteroatoms. The van der Waals surface area contributed by atoms with E-state index in [2.05, 4.69) is 70.1 Å². The molecule has 0 bridgehead atoms. The van der Waals surface area contributed by atoms with Gasteiger partial charge in [-0.25, -0.2) is 0 Å². The number of unbranched alkanes of at least 4 members (excludes halogenated alkanes) is 1. The Kier molecular flexibility index (Phi) is 11.3. The molecule has 45 heavy (non-hydrogen) atoms. The summed E-state index contributed by atoms with van der Waals surface area (Å²) in [5, 5.41) is 3.73. The first-order chi connectivity index (χ1) is 21.6. The number of carbonyl (C=O) groups excluding carboxylic acids is 2. The topological polar surface area (TPSA) is 55.4 Å². The van der Waals surface area contributed by atoms with E-state index in [0.717, 1.165) is 62.6 Å². The second-order valence-electron chi connectivity index (χ2n) is 15.5. The fourth-order valence-electron chi connectivity index (χ4n) is 9.49. The van der Waals surface area contributed by atoms with Crippen LogP contribution in [-0.4, -0.2) is 30.8 Å². The largest absolute Gasteiger partial charge is 0.379 e. The lowest BCUT2D eigenvalue weighted by Crippen LogP contribution is -2.48. The third kappa shape index (κ3) is 7.75. The maximum Gasteiger partial charge on any atom is 0.159 e. The SMILES string of the molecule is C=CCCCOCC(=C)C(CCC)CC(=O)C1C(C(=O)C(NC(=C)CC2CCCC2)C2Cc3ccccc3C2)CC2C1C2(C)C. The highest BCUT2D eigenvalue weighted by Crippen LogP contribution is 2.71. The summed E-state index contributed by atoms with van der Waals surface area (Å²) in [7, 11) is 0. The average molecular weight is 614 g/mol. The highest BCUT2D eigenvalue weighted by molar-refractivity contribution is 5.94. The minimum atomic E-state index is -0.294. The van der Waals surface area contributed by atoms with Crippen molar-refractivity contribution >= 4 is 11.6 Å². The van der Waals surface area contributed by atoms with Gasteiger partial charge < -0.3 is 10.1 Å². The monoisotopic (exact) mass is 613 g/mol. The Balaban J connectivity index is 1.32. The zero-order valence-electron chi connectivity index (χ0n) is 28.5. The van der Waals surface area contributed by atoms with E-state index >= 15 is 0 Å². The number of fused-ring (bicyclic) bond motifs is 2. The van der Waals surface area contributed by atoms with Gasteiger partial charge in [-0.15, -0.1) is 6.58 Å². The second-order valence-corrected chi connectivity index (χ2v) is 15.5. The Morgan fingerprint density at radius 3 is 2.44 bits per heavy atom. The summed E-state index contributed by atoms with van der Waals surface area (Å²) in [5.41, 5.74) is 4.87. The molecule has 1 N–H and O–H groups in total. The summed E-state index contributed by atoms with van der Waals surface area (Å²) in [6, 6.07) is 8.36. The zero-order chi connectivity index (χ0) is 32.1. The molecule has 6 atom stereocenters. The van der Waals surface area contributed by atoms with Gasteiger partial charge in [0.25, 0.3) is 0 Å². The highest BCUT2D eigenvalue weighted by atomic mass is 16.5. The van der Waals surface area contributed by atoms with Crippen molar-refractivity contribution in [2.45, 2.75) is 110 Å². The van der Waals surface area contributed by atoms with Crippen molar-refractivity contribution in [1.29, 1.82) is 0 Å². The Morgan fingerprint density at radius 1 is 1.11 bits per heavy atom. The molecule has 4 aliphatic rings. The third-order valence-corrected chi connectivity index (χ3v) is 12.1. The van der Waals surface area contributed by atoms with Gasteiger partial charge in [0.1, 0.15) is 5.78 Å². The van der Waals surface area contributed by atoms with Crippen LogP contribution in [0.5, 0.6) is 0 Å². The Hall–Kier alpha value is -2.46. The summed E-state index contributed by atoms with van der Waals surface area (Å²) < 4.78 is 5.92.